The molecule has 7 nitrogen and oxygen atoms in total. The summed E-state index contributed by atoms with van der Waals surface area (Å²) < 4.78 is 15.4. The third-order valence-corrected chi connectivity index (χ3v) is 7.17. The molecule has 3 aromatic carbocycles. The fourth-order valence-electron chi connectivity index (χ4n) is 5.05. The SMILES string of the molecule is Cc1ccc(Cc2nc(N3CCN(C(=O)c4ccccc4)CC3)c3c(C)nn(-c4ccc(F)cc4)c3n2)cc1. The molecule has 39 heavy (non-hydrogen) atoms. The second-order valence-electron chi connectivity index (χ2n) is 9.94. The number of fused-ring (bicyclic) bond motifs is 1. The number of carbonyl (C=O) groups excluding carboxylic acids is 1. The number of halogens is 1. The standard InChI is InChI=1S/C31H29FN6O/c1-21-8-10-23(11-9-21)20-27-33-29(36-16-18-37(19-17-36)31(39)24-6-4-3-5-7-24)28-22(2)35-38(30(28)34-27)26-14-12-25(32)13-15-26/h3-15H,16-20H2,1-2H3. The molecule has 0 saturated carbocycles. The number of anilines is 1. The largest absolute Gasteiger partial charge is 0.352 e. The van der Waals surface area contributed by atoms with Crippen LogP contribution in [0.4, 0.5) is 10.2 Å². The zero-order valence-electron chi connectivity index (χ0n) is 22.0. The summed E-state index contributed by atoms with van der Waals surface area (Å²) in [4.78, 5) is 27.1. The van der Waals surface area contributed by atoms with E-state index in [1.165, 1.54) is 17.7 Å². The molecule has 1 aliphatic rings. The van der Waals surface area contributed by atoms with E-state index in [1.807, 2.05) is 42.2 Å². The zero-order valence-corrected chi connectivity index (χ0v) is 22.0. The van der Waals surface area contributed by atoms with Crippen molar-refractivity contribution in [3.8, 4) is 5.69 Å². The van der Waals surface area contributed by atoms with Crippen LogP contribution in [0, 0.1) is 19.7 Å². The van der Waals surface area contributed by atoms with Gasteiger partial charge in [-0.2, -0.15) is 5.10 Å². The summed E-state index contributed by atoms with van der Waals surface area (Å²) in [5.41, 5.74) is 5.24. The van der Waals surface area contributed by atoms with E-state index in [0.717, 1.165) is 28.1 Å². The Labute approximate surface area is 226 Å². The highest BCUT2D eigenvalue weighted by atomic mass is 19.1. The number of aromatic nitrogens is 4. The molecule has 0 radical (unpaired) electrons. The van der Waals surface area contributed by atoms with Gasteiger partial charge in [-0.1, -0.05) is 48.0 Å². The Morgan fingerprint density at radius 1 is 0.846 bits per heavy atom. The number of benzene rings is 3. The van der Waals surface area contributed by atoms with Crippen LogP contribution >= 0.6 is 0 Å². The van der Waals surface area contributed by atoms with E-state index in [9.17, 15) is 9.18 Å². The molecule has 2 aromatic heterocycles. The van der Waals surface area contributed by atoms with Crippen LogP contribution in [0.2, 0.25) is 0 Å². The molecule has 0 N–H and O–H groups in total. The Morgan fingerprint density at radius 2 is 1.54 bits per heavy atom. The molecule has 0 aliphatic carbocycles. The second kappa shape index (κ2) is 10.3. The lowest BCUT2D eigenvalue weighted by Crippen LogP contribution is -2.49. The van der Waals surface area contributed by atoms with Gasteiger partial charge in [-0.15, -0.1) is 0 Å². The molecule has 8 heteroatoms. The normalized spacial score (nSPS) is 13.7. The summed E-state index contributed by atoms with van der Waals surface area (Å²) in [6, 6.07) is 24.0. The molecule has 0 unspecified atom stereocenters. The van der Waals surface area contributed by atoms with Gasteiger partial charge >= 0.3 is 0 Å². The van der Waals surface area contributed by atoms with Gasteiger partial charge in [-0.05, 0) is 55.8 Å². The molecule has 0 spiro atoms. The van der Waals surface area contributed by atoms with Crippen LogP contribution in [0.1, 0.15) is 33.0 Å². The van der Waals surface area contributed by atoms with Gasteiger partial charge < -0.3 is 9.80 Å². The van der Waals surface area contributed by atoms with Crippen molar-refractivity contribution in [3.05, 3.63) is 113 Å². The Kier molecular flexibility index (Phi) is 6.52. The fourth-order valence-corrected chi connectivity index (χ4v) is 5.05. The van der Waals surface area contributed by atoms with E-state index < -0.39 is 0 Å². The van der Waals surface area contributed by atoms with Crippen LogP contribution in [0.3, 0.4) is 0 Å². The minimum atomic E-state index is -0.301. The molecule has 196 valence electrons. The quantitative estimate of drug-likeness (QED) is 0.322. The van der Waals surface area contributed by atoms with Crippen LogP contribution in [0.25, 0.3) is 16.7 Å². The summed E-state index contributed by atoms with van der Waals surface area (Å²) >= 11 is 0. The van der Waals surface area contributed by atoms with Gasteiger partial charge in [0.05, 0.1) is 16.8 Å². The molecule has 1 aliphatic heterocycles. The zero-order chi connectivity index (χ0) is 26.9. The maximum absolute atomic E-state index is 13.7. The molecule has 0 bridgehead atoms. The molecule has 3 heterocycles. The van der Waals surface area contributed by atoms with E-state index in [-0.39, 0.29) is 11.7 Å². The molecule has 0 atom stereocenters. The summed E-state index contributed by atoms with van der Waals surface area (Å²) in [6.45, 7) is 6.50. The Bertz CT molecular complexity index is 1620. The highest BCUT2D eigenvalue weighted by Gasteiger charge is 2.27. The lowest BCUT2D eigenvalue weighted by Gasteiger charge is -2.35. The van der Waals surface area contributed by atoms with Crippen LogP contribution in [-0.2, 0) is 6.42 Å². The first-order chi connectivity index (χ1) is 19.0. The second-order valence-corrected chi connectivity index (χ2v) is 9.94. The predicted octanol–water partition coefficient (Wildman–Crippen LogP) is 5.12. The number of hydrogen-bond donors (Lipinski definition) is 0. The van der Waals surface area contributed by atoms with Crippen molar-refractivity contribution in [1.29, 1.82) is 0 Å². The number of nitrogens with zero attached hydrogens (tertiary/aromatic N) is 6. The lowest BCUT2D eigenvalue weighted by molar-refractivity contribution is 0.0746. The van der Waals surface area contributed by atoms with Crippen molar-refractivity contribution in [3.63, 3.8) is 0 Å². The van der Waals surface area contributed by atoms with E-state index in [0.29, 0.717) is 49.6 Å². The highest BCUT2D eigenvalue weighted by molar-refractivity contribution is 5.95. The van der Waals surface area contributed by atoms with Gasteiger partial charge in [0, 0.05) is 38.2 Å². The maximum Gasteiger partial charge on any atom is 0.253 e. The third kappa shape index (κ3) is 4.97. The first kappa shape index (κ1) is 24.7. The van der Waals surface area contributed by atoms with Crippen molar-refractivity contribution in [1.82, 2.24) is 24.6 Å². The smallest absolute Gasteiger partial charge is 0.253 e. The number of piperazine rings is 1. The fraction of sp³-hybridized carbons (Fsp3) is 0.226. The minimum absolute atomic E-state index is 0.0449. The minimum Gasteiger partial charge on any atom is -0.352 e. The van der Waals surface area contributed by atoms with Crippen LogP contribution in [-0.4, -0.2) is 56.7 Å². The monoisotopic (exact) mass is 520 g/mol. The van der Waals surface area contributed by atoms with Crippen molar-refractivity contribution >= 4 is 22.8 Å². The number of amides is 1. The first-order valence-corrected chi connectivity index (χ1v) is 13.1. The van der Waals surface area contributed by atoms with Crippen molar-refractivity contribution in [2.45, 2.75) is 20.3 Å². The number of hydrogen-bond acceptors (Lipinski definition) is 5. The summed E-state index contributed by atoms with van der Waals surface area (Å²) in [7, 11) is 0. The van der Waals surface area contributed by atoms with E-state index >= 15 is 0 Å². The maximum atomic E-state index is 13.7. The van der Waals surface area contributed by atoms with Crippen LogP contribution in [0.15, 0.2) is 78.9 Å². The average Bonchev–Trinajstić information content (AvgIpc) is 3.30. The average molecular weight is 521 g/mol. The van der Waals surface area contributed by atoms with Crippen molar-refractivity contribution in [2.75, 3.05) is 31.1 Å². The molecule has 5 aromatic rings. The molecule has 1 amide bonds. The van der Waals surface area contributed by atoms with Gasteiger partial charge in [0.2, 0.25) is 0 Å². The van der Waals surface area contributed by atoms with E-state index in [2.05, 4.69) is 36.1 Å². The Balaban J connectivity index is 1.37. The molecular formula is C31H29FN6O. The van der Waals surface area contributed by atoms with Gasteiger partial charge in [-0.3, -0.25) is 4.79 Å². The van der Waals surface area contributed by atoms with Gasteiger partial charge in [0.1, 0.15) is 17.5 Å². The summed E-state index contributed by atoms with van der Waals surface area (Å²) in [6.07, 6.45) is 0.573. The van der Waals surface area contributed by atoms with Gasteiger partial charge in [0.25, 0.3) is 5.91 Å². The Morgan fingerprint density at radius 3 is 2.23 bits per heavy atom. The van der Waals surface area contributed by atoms with Crippen molar-refractivity contribution in [2.24, 2.45) is 0 Å². The van der Waals surface area contributed by atoms with Crippen LogP contribution in [0.5, 0.6) is 0 Å². The predicted molar refractivity (Wildman–Crippen MR) is 150 cm³/mol. The van der Waals surface area contributed by atoms with E-state index in [4.69, 9.17) is 15.1 Å². The number of rotatable bonds is 5. The molecule has 6 rings (SSSR count). The molecular weight excluding hydrogens is 491 g/mol. The summed E-state index contributed by atoms with van der Waals surface area (Å²) in [5.74, 6) is 1.25. The number of carbonyl (C=O) groups is 1. The number of aryl methyl sites for hydroxylation is 2. The molecule has 1 saturated heterocycles. The summed E-state index contributed by atoms with van der Waals surface area (Å²) in [5, 5.41) is 5.66. The van der Waals surface area contributed by atoms with Gasteiger partial charge in [-0.25, -0.2) is 19.0 Å². The third-order valence-electron chi connectivity index (χ3n) is 7.17. The van der Waals surface area contributed by atoms with Gasteiger partial charge in [0.15, 0.2) is 5.65 Å². The lowest BCUT2D eigenvalue weighted by atomic mass is 10.1. The molecule has 1 fully saturated rings. The first-order valence-electron chi connectivity index (χ1n) is 13.1. The van der Waals surface area contributed by atoms with Crippen LogP contribution < -0.4 is 4.90 Å². The van der Waals surface area contributed by atoms with Crippen molar-refractivity contribution < 1.29 is 9.18 Å². The topological polar surface area (TPSA) is 67.2 Å². The Hall–Kier alpha value is -4.59. The van der Waals surface area contributed by atoms with E-state index in [1.54, 1.807) is 16.8 Å². The highest BCUT2D eigenvalue weighted by Crippen LogP contribution is 2.30.